The van der Waals surface area contributed by atoms with Crippen LogP contribution in [0.4, 0.5) is 14.5 Å². The van der Waals surface area contributed by atoms with E-state index in [9.17, 15) is 18.7 Å². The highest BCUT2D eigenvalue weighted by Gasteiger charge is 2.26. The Kier molecular flexibility index (Phi) is 9.47. The molecule has 254 valence electrons. The molecule has 0 spiro atoms. The van der Waals surface area contributed by atoms with Crippen molar-refractivity contribution >= 4 is 17.4 Å². The van der Waals surface area contributed by atoms with Crippen LogP contribution in [0.2, 0.25) is 0 Å². The topological polar surface area (TPSA) is 77.4 Å². The smallest absolute Gasteiger partial charge is 0.257 e. The molecule has 49 heavy (non-hydrogen) atoms. The van der Waals surface area contributed by atoms with Gasteiger partial charge in [-0.25, -0.2) is 8.78 Å². The lowest BCUT2D eigenvalue weighted by Crippen LogP contribution is -2.44. The van der Waals surface area contributed by atoms with Crippen molar-refractivity contribution in [3.63, 3.8) is 0 Å². The highest BCUT2D eigenvalue weighted by Crippen LogP contribution is 2.36. The minimum absolute atomic E-state index is 0.128. The van der Waals surface area contributed by atoms with Crippen molar-refractivity contribution in [3.05, 3.63) is 117 Å². The van der Waals surface area contributed by atoms with Crippen molar-refractivity contribution in [1.82, 2.24) is 10.2 Å². The minimum Gasteiger partial charge on any atom is -0.508 e. The second-order valence-electron chi connectivity index (χ2n) is 13.6. The lowest BCUT2D eigenvalue weighted by Gasteiger charge is -2.34. The summed E-state index contributed by atoms with van der Waals surface area (Å²) in [6, 6.07) is 18.9. The number of hydrogen-bond acceptors (Lipinski definition) is 6. The predicted octanol–water partition coefficient (Wildman–Crippen LogP) is 6.65. The van der Waals surface area contributed by atoms with Gasteiger partial charge in [0.2, 0.25) is 0 Å². The van der Waals surface area contributed by atoms with Crippen LogP contribution in [0.1, 0.15) is 56.6 Å². The quantitative estimate of drug-likeness (QED) is 0.232. The van der Waals surface area contributed by atoms with Crippen molar-refractivity contribution in [3.8, 4) is 16.9 Å². The van der Waals surface area contributed by atoms with E-state index in [1.165, 1.54) is 12.1 Å². The van der Waals surface area contributed by atoms with Gasteiger partial charge in [0.05, 0.1) is 6.54 Å². The number of halogens is 2. The van der Waals surface area contributed by atoms with Gasteiger partial charge in [0.1, 0.15) is 23.2 Å². The molecule has 9 heteroatoms. The van der Waals surface area contributed by atoms with Gasteiger partial charge in [-0.05, 0) is 139 Å². The van der Waals surface area contributed by atoms with Crippen molar-refractivity contribution in [1.29, 1.82) is 0 Å². The molecule has 0 unspecified atom stereocenters. The number of rotatable bonds is 7. The molecule has 4 aromatic carbocycles. The average molecular weight is 665 g/mol. The zero-order chi connectivity index (χ0) is 34.1. The summed E-state index contributed by atoms with van der Waals surface area (Å²) in [5.41, 5.74) is 8.43. The second kappa shape index (κ2) is 14.1. The number of benzene rings is 4. The summed E-state index contributed by atoms with van der Waals surface area (Å²) in [7, 11) is 2.14. The fourth-order valence-corrected chi connectivity index (χ4v) is 7.30. The maximum atomic E-state index is 14.2. The SMILES string of the molecule is Cc1ccc(O)cc1-c1cc2c(cc1Cc1cc(F)cc(F)c1)C(NC(=O)c1ccc(N3CCN(C)CC3)cc1CC1CCOCC1)=NC2. The number of ether oxygens (including phenoxy) is 1. The number of nitrogens with zero attached hydrogens (tertiary/aromatic N) is 3. The maximum Gasteiger partial charge on any atom is 0.257 e. The average Bonchev–Trinajstić information content (AvgIpc) is 3.46. The molecule has 0 aliphatic carbocycles. The van der Waals surface area contributed by atoms with Gasteiger partial charge < -0.3 is 25.0 Å². The number of piperazine rings is 1. The number of aliphatic imine (C=N–C) groups is 1. The Labute approximate surface area is 286 Å². The van der Waals surface area contributed by atoms with E-state index >= 15 is 0 Å². The molecule has 2 saturated heterocycles. The van der Waals surface area contributed by atoms with Gasteiger partial charge in [-0.2, -0.15) is 0 Å². The van der Waals surface area contributed by atoms with Gasteiger partial charge in [-0.15, -0.1) is 0 Å². The van der Waals surface area contributed by atoms with Crippen LogP contribution in [0, 0.1) is 24.5 Å². The summed E-state index contributed by atoms with van der Waals surface area (Å²) in [4.78, 5) is 23.6. The molecule has 3 aliphatic rings. The number of phenols is 1. The van der Waals surface area contributed by atoms with E-state index in [1.54, 1.807) is 12.1 Å². The van der Waals surface area contributed by atoms with Gasteiger partial charge in [0, 0.05) is 62.3 Å². The number of aromatic hydroxyl groups is 1. The van der Waals surface area contributed by atoms with Gasteiger partial charge in [-0.1, -0.05) is 6.07 Å². The molecule has 4 aromatic rings. The molecule has 3 heterocycles. The number of hydrogen-bond donors (Lipinski definition) is 2. The molecule has 7 nitrogen and oxygen atoms in total. The Morgan fingerprint density at radius 3 is 2.41 bits per heavy atom. The zero-order valence-electron chi connectivity index (χ0n) is 28.1. The van der Waals surface area contributed by atoms with Gasteiger partial charge in [-0.3, -0.25) is 9.79 Å². The van der Waals surface area contributed by atoms with Crippen LogP contribution in [0.15, 0.2) is 71.7 Å². The van der Waals surface area contributed by atoms with E-state index < -0.39 is 11.6 Å². The number of anilines is 1. The fraction of sp³-hybridized carbons (Fsp3) is 0.350. The van der Waals surface area contributed by atoms with Crippen LogP contribution < -0.4 is 10.2 Å². The first kappa shape index (κ1) is 32.9. The van der Waals surface area contributed by atoms with E-state index in [0.29, 0.717) is 29.4 Å². The highest BCUT2D eigenvalue weighted by atomic mass is 19.1. The van der Waals surface area contributed by atoms with E-state index in [2.05, 4.69) is 34.3 Å². The molecule has 7 rings (SSSR count). The third-order valence-corrected chi connectivity index (χ3v) is 10.1. The van der Waals surface area contributed by atoms with Gasteiger partial charge in [0.15, 0.2) is 0 Å². The van der Waals surface area contributed by atoms with Crippen LogP contribution in [-0.2, 0) is 24.1 Å². The molecule has 0 aromatic heterocycles. The van der Waals surface area contributed by atoms with E-state index in [0.717, 1.165) is 109 Å². The van der Waals surface area contributed by atoms with E-state index in [1.807, 2.05) is 31.2 Å². The molecule has 2 fully saturated rings. The first-order valence-corrected chi connectivity index (χ1v) is 17.1. The van der Waals surface area contributed by atoms with Crippen molar-refractivity contribution in [2.24, 2.45) is 10.9 Å². The number of fused-ring (bicyclic) bond motifs is 1. The molecule has 0 saturated carbocycles. The first-order valence-electron chi connectivity index (χ1n) is 17.1. The molecule has 1 amide bonds. The first-order chi connectivity index (χ1) is 23.7. The van der Waals surface area contributed by atoms with Crippen LogP contribution in [-0.4, -0.2) is 68.2 Å². The highest BCUT2D eigenvalue weighted by molar-refractivity contribution is 6.15. The predicted molar refractivity (Wildman–Crippen MR) is 189 cm³/mol. The number of carbonyl (C=O) groups is 1. The van der Waals surface area contributed by atoms with Crippen molar-refractivity contribution in [2.75, 3.05) is 51.3 Å². The Hall–Kier alpha value is -4.60. The lowest BCUT2D eigenvalue weighted by atomic mass is 9.88. The Bertz CT molecular complexity index is 1890. The maximum absolute atomic E-state index is 14.2. The fourth-order valence-electron chi connectivity index (χ4n) is 7.30. The number of phenolic OH excluding ortho intramolecular Hbond substituents is 1. The summed E-state index contributed by atoms with van der Waals surface area (Å²) in [5, 5.41) is 13.5. The number of amidine groups is 1. The molecule has 3 aliphatic heterocycles. The normalized spacial score (nSPS) is 16.8. The third-order valence-electron chi connectivity index (χ3n) is 10.1. The molecule has 0 atom stereocenters. The zero-order valence-corrected chi connectivity index (χ0v) is 28.1. The van der Waals surface area contributed by atoms with Crippen molar-refractivity contribution in [2.45, 2.75) is 39.2 Å². The van der Waals surface area contributed by atoms with Crippen LogP contribution in [0.3, 0.4) is 0 Å². The number of nitrogens with one attached hydrogen (secondary N) is 1. The summed E-state index contributed by atoms with van der Waals surface area (Å²) in [5.74, 6) is -0.441. The van der Waals surface area contributed by atoms with Crippen LogP contribution in [0.25, 0.3) is 11.1 Å². The minimum atomic E-state index is -0.643. The largest absolute Gasteiger partial charge is 0.508 e. The third kappa shape index (κ3) is 7.38. The van der Waals surface area contributed by atoms with Gasteiger partial charge in [0.25, 0.3) is 5.91 Å². The Morgan fingerprint density at radius 1 is 0.898 bits per heavy atom. The summed E-state index contributed by atoms with van der Waals surface area (Å²) in [6.45, 7) is 7.71. The Morgan fingerprint density at radius 2 is 1.65 bits per heavy atom. The van der Waals surface area contributed by atoms with Gasteiger partial charge >= 0.3 is 0 Å². The molecular weight excluding hydrogens is 622 g/mol. The summed E-state index contributed by atoms with van der Waals surface area (Å²) in [6.07, 6.45) is 2.99. The number of likely N-dealkylation sites (N-methyl/N-ethyl adjacent to an activating group) is 1. The van der Waals surface area contributed by atoms with Crippen molar-refractivity contribution < 1.29 is 23.4 Å². The molecular formula is C40H42F2N4O3. The summed E-state index contributed by atoms with van der Waals surface area (Å²) >= 11 is 0. The second-order valence-corrected chi connectivity index (χ2v) is 13.6. The lowest BCUT2D eigenvalue weighted by molar-refractivity contribution is 0.0664. The Balaban J connectivity index is 1.21. The standard InChI is InChI=1S/C40H42F2N4O3/c1-25-3-5-34(47)23-36(25)37-21-30-24-43-39(38(30)20-29(37)16-27-17-31(41)22-32(42)18-27)44-40(48)35-6-4-33(46-11-9-45(2)10-12-46)19-28(35)15-26-7-13-49-14-8-26/h3-6,17-23,26,47H,7-16,24H2,1-2H3,(H,43,44,48). The summed E-state index contributed by atoms with van der Waals surface area (Å²) < 4.78 is 34.1. The van der Waals surface area contributed by atoms with Crippen LogP contribution >= 0.6 is 0 Å². The number of carbonyl (C=O) groups excluding carboxylic acids is 1. The molecule has 0 bridgehead atoms. The van der Waals surface area contributed by atoms with Crippen LogP contribution in [0.5, 0.6) is 5.75 Å². The van der Waals surface area contributed by atoms with E-state index in [-0.39, 0.29) is 18.1 Å². The molecule has 0 radical (unpaired) electrons. The monoisotopic (exact) mass is 664 g/mol. The van der Waals surface area contributed by atoms with E-state index in [4.69, 9.17) is 9.73 Å². The molecule has 2 N–H and O–H groups in total. The number of amides is 1. The number of aryl methyl sites for hydroxylation is 1.